The van der Waals surface area contributed by atoms with Gasteiger partial charge in [0.1, 0.15) is 11.9 Å². The number of halogens is 1. The lowest BCUT2D eigenvalue weighted by Gasteiger charge is -2.25. The lowest BCUT2D eigenvalue weighted by molar-refractivity contribution is -0.120. The first-order chi connectivity index (χ1) is 14.6. The summed E-state index contributed by atoms with van der Waals surface area (Å²) in [5.41, 5.74) is 3.41. The molecule has 0 spiro atoms. The van der Waals surface area contributed by atoms with Crippen molar-refractivity contribution in [3.63, 3.8) is 0 Å². The number of amides is 3. The predicted octanol–water partition coefficient (Wildman–Crippen LogP) is 4.15. The summed E-state index contributed by atoms with van der Waals surface area (Å²) in [6.07, 6.45) is 1.16. The van der Waals surface area contributed by atoms with Crippen LogP contribution in [0.2, 0.25) is 0 Å². The average Bonchev–Trinajstić information content (AvgIpc) is 3.19. The summed E-state index contributed by atoms with van der Waals surface area (Å²) in [6.45, 7) is 0.588. The smallest absolute Gasteiger partial charge is 0.319 e. The topological polar surface area (TPSA) is 61.4 Å². The maximum atomic E-state index is 13.4. The monoisotopic (exact) mass is 403 g/mol. The number of anilines is 2. The van der Waals surface area contributed by atoms with Gasteiger partial charge in [-0.1, -0.05) is 48.5 Å². The van der Waals surface area contributed by atoms with E-state index in [2.05, 4.69) is 10.6 Å². The lowest BCUT2D eigenvalue weighted by Crippen LogP contribution is -2.50. The first-order valence-electron chi connectivity index (χ1n) is 9.86. The summed E-state index contributed by atoms with van der Waals surface area (Å²) < 4.78 is 13.1. The molecule has 2 N–H and O–H groups in total. The standard InChI is InChI=1S/C24H22FN3O2/c25-19-10-12-20(13-11-19)26-24(30)27-21(16-17-6-2-1-3-7-17)23(29)28-15-14-18-8-4-5-9-22(18)28/h1-13,21H,14-16H2,(H2,26,27,30). The van der Waals surface area contributed by atoms with Crippen molar-refractivity contribution in [3.8, 4) is 0 Å². The van der Waals surface area contributed by atoms with Crippen LogP contribution in [0.3, 0.4) is 0 Å². The van der Waals surface area contributed by atoms with Gasteiger partial charge in [0.25, 0.3) is 0 Å². The maximum Gasteiger partial charge on any atom is 0.319 e. The molecule has 0 aromatic heterocycles. The Hall–Kier alpha value is -3.67. The van der Waals surface area contributed by atoms with Crippen LogP contribution in [-0.4, -0.2) is 24.5 Å². The molecule has 1 unspecified atom stereocenters. The van der Waals surface area contributed by atoms with Crippen LogP contribution in [0.1, 0.15) is 11.1 Å². The number of hydrogen-bond acceptors (Lipinski definition) is 2. The van der Waals surface area contributed by atoms with E-state index in [0.717, 1.165) is 23.2 Å². The second-order valence-corrected chi connectivity index (χ2v) is 7.22. The number of carbonyl (C=O) groups is 2. The van der Waals surface area contributed by atoms with Crippen LogP contribution >= 0.6 is 0 Å². The first kappa shape index (κ1) is 19.6. The van der Waals surface area contributed by atoms with Gasteiger partial charge >= 0.3 is 6.03 Å². The van der Waals surface area contributed by atoms with Gasteiger partial charge in [-0.15, -0.1) is 0 Å². The Balaban J connectivity index is 1.52. The van der Waals surface area contributed by atoms with Gasteiger partial charge in [-0.3, -0.25) is 4.79 Å². The second-order valence-electron chi connectivity index (χ2n) is 7.22. The van der Waals surface area contributed by atoms with Crippen molar-refractivity contribution >= 4 is 23.3 Å². The molecule has 1 atom stereocenters. The zero-order valence-electron chi connectivity index (χ0n) is 16.3. The van der Waals surface area contributed by atoms with Gasteiger partial charge in [-0.2, -0.15) is 0 Å². The Bertz CT molecular complexity index is 1040. The van der Waals surface area contributed by atoms with E-state index in [0.29, 0.717) is 18.7 Å². The maximum absolute atomic E-state index is 13.4. The molecule has 1 aliphatic heterocycles. The van der Waals surface area contributed by atoms with Crippen molar-refractivity contribution in [3.05, 3.63) is 95.8 Å². The molecule has 0 bridgehead atoms. The van der Waals surface area contributed by atoms with Gasteiger partial charge in [-0.05, 0) is 47.9 Å². The number of urea groups is 1. The van der Waals surface area contributed by atoms with E-state index >= 15 is 0 Å². The summed E-state index contributed by atoms with van der Waals surface area (Å²) in [5, 5.41) is 5.46. The molecule has 0 saturated heterocycles. The van der Waals surface area contributed by atoms with Crippen LogP contribution in [0.15, 0.2) is 78.9 Å². The Morgan fingerprint density at radius 3 is 2.40 bits per heavy atom. The molecule has 5 nitrogen and oxygen atoms in total. The van der Waals surface area contributed by atoms with Gasteiger partial charge < -0.3 is 15.5 Å². The number of hydrogen-bond donors (Lipinski definition) is 2. The molecule has 6 heteroatoms. The van der Waals surface area contributed by atoms with Gasteiger partial charge in [0, 0.05) is 24.3 Å². The highest BCUT2D eigenvalue weighted by atomic mass is 19.1. The van der Waals surface area contributed by atoms with Crippen molar-refractivity contribution in [1.82, 2.24) is 5.32 Å². The average molecular weight is 403 g/mol. The largest absolute Gasteiger partial charge is 0.326 e. The van der Waals surface area contributed by atoms with E-state index in [1.807, 2.05) is 54.6 Å². The van der Waals surface area contributed by atoms with E-state index in [4.69, 9.17) is 0 Å². The molecule has 3 aromatic rings. The molecular weight excluding hydrogens is 381 g/mol. The number of nitrogens with one attached hydrogen (secondary N) is 2. The van der Waals surface area contributed by atoms with Crippen molar-refractivity contribution in [1.29, 1.82) is 0 Å². The number of rotatable bonds is 5. The van der Waals surface area contributed by atoms with Gasteiger partial charge in [0.05, 0.1) is 0 Å². The third-order valence-corrected chi connectivity index (χ3v) is 5.14. The molecule has 152 valence electrons. The third-order valence-electron chi connectivity index (χ3n) is 5.14. The molecule has 0 saturated carbocycles. The summed E-state index contributed by atoms with van der Waals surface area (Å²) in [5.74, 6) is -0.538. The molecular formula is C24H22FN3O2. The Morgan fingerprint density at radius 2 is 1.63 bits per heavy atom. The molecule has 0 fully saturated rings. The Morgan fingerprint density at radius 1 is 0.933 bits per heavy atom. The van der Waals surface area contributed by atoms with Gasteiger partial charge in [0.15, 0.2) is 0 Å². The van der Waals surface area contributed by atoms with Crippen molar-refractivity contribution in [2.24, 2.45) is 0 Å². The molecule has 30 heavy (non-hydrogen) atoms. The SMILES string of the molecule is O=C(Nc1ccc(F)cc1)NC(Cc1ccccc1)C(=O)N1CCc2ccccc21. The summed E-state index contributed by atoms with van der Waals surface area (Å²) in [4.78, 5) is 27.7. The quantitative estimate of drug-likeness (QED) is 0.672. The number of benzene rings is 3. The fraction of sp³-hybridized carbons (Fsp3) is 0.167. The van der Waals surface area contributed by atoms with Crippen LogP contribution in [0, 0.1) is 5.82 Å². The molecule has 0 aliphatic carbocycles. The lowest BCUT2D eigenvalue weighted by atomic mass is 10.0. The highest BCUT2D eigenvalue weighted by Gasteiger charge is 2.31. The van der Waals surface area contributed by atoms with Gasteiger partial charge in [0.2, 0.25) is 5.91 Å². The molecule has 0 radical (unpaired) electrons. The fourth-order valence-electron chi connectivity index (χ4n) is 3.66. The number of nitrogens with zero attached hydrogens (tertiary/aromatic N) is 1. The van der Waals surface area contributed by atoms with Gasteiger partial charge in [-0.25, -0.2) is 9.18 Å². The first-order valence-corrected chi connectivity index (χ1v) is 9.86. The molecule has 1 heterocycles. The zero-order valence-corrected chi connectivity index (χ0v) is 16.3. The minimum Gasteiger partial charge on any atom is -0.326 e. The molecule has 3 aromatic carbocycles. The van der Waals surface area contributed by atoms with E-state index in [1.54, 1.807) is 4.90 Å². The van der Waals surface area contributed by atoms with Crippen LogP contribution in [0.4, 0.5) is 20.6 Å². The minimum atomic E-state index is -0.737. The van der Waals surface area contributed by atoms with Crippen molar-refractivity contribution in [2.75, 3.05) is 16.8 Å². The van der Waals surface area contributed by atoms with Crippen LogP contribution in [0.25, 0.3) is 0 Å². The van der Waals surface area contributed by atoms with E-state index < -0.39 is 12.1 Å². The van der Waals surface area contributed by atoms with Crippen LogP contribution in [-0.2, 0) is 17.6 Å². The van der Waals surface area contributed by atoms with Crippen LogP contribution < -0.4 is 15.5 Å². The third kappa shape index (κ3) is 4.49. The molecule has 1 aliphatic rings. The predicted molar refractivity (Wildman–Crippen MR) is 115 cm³/mol. The normalized spacial score (nSPS) is 13.4. The highest BCUT2D eigenvalue weighted by molar-refractivity contribution is 6.02. The summed E-state index contributed by atoms with van der Waals surface area (Å²) in [7, 11) is 0. The van der Waals surface area contributed by atoms with Crippen molar-refractivity contribution < 1.29 is 14.0 Å². The highest BCUT2D eigenvalue weighted by Crippen LogP contribution is 2.28. The Kier molecular flexibility index (Phi) is 5.75. The number of fused-ring (bicyclic) bond motifs is 1. The fourth-order valence-corrected chi connectivity index (χ4v) is 3.66. The molecule has 3 amide bonds. The van der Waals surface area contributed by atoms with E-state index in [9.17, 15) is 14.0 Å². The van der Waals surface area contributed by atoms with E-state index in [1.165, 1.54) is 24.3 Å². The number of carbonyl (C=O) groups excluding carboxylic acids is 2. The zero-order chi connectivity index (χ0) is 20.9. The molecule has 4 rings (SSSR count). The number of para-hydroxylation sites is 1. The minimum absolute atomic E-state index is 0.155. The summed E-state index contributed by atoms with van der Waals surface area (Å²) >= 11 is 0. The second kappa shape index (κ2) is 8.78. The Labute approximate surface area is 174 Å². The van der Waals surface area contributed by atoms with E-state index in [-0.39, 0.29) is 11.7 Å². The van der Waals surface area contributed by atoms with Crippen molar-refractivity contribution in [2.45, 2.75) is 18.9 Å². The van der Waals surface area contributed by atoms with Crippen LogP contribution in [0.5, 0.6) is 0 Å². The summed E-state index contributed by atoms with van der Waals surface area (Å²) in [6, 6.07) is 21.6.